The highest BCUT2D eigenvalue weighted by atomic mass is 19.4. The van der Waals surface area contributed by atoms with E-state index in [0.29, 0.717) is 24.3 Å². The first kappa shape index (κ1) is 40.0. The molecule has 1 amide bonds. The van der Waals surface area contributed by atoms with Crippen molar-refractivity contribution in [1.29, 1.82) is 0 Å². The van der Waals surface area contributed by atoms with Crippen LogP contribution in [0.25, 0.3) is 0 Å². The number of aromatic nitrogens is 2. The molecular formula is C34H35F9N4O5. The number of carbonyl (C=O) groups is 2. The lowest BCUT2D eigenvalue weighted by molar-refractivity contribution is -0.155. The number of amides is 1. The third kappa shape index (κ3) is 9.97. The zero-order valence-electron chi connectivity index (χ0n) is 28.3. The Kier molecular flexibility index (Phi) is 11.6. The van der Waals surface area contributed by atoms with E-state index in [4.69, 9.17) is 9.47 Å². The van der Waals surface area contributed by atoms with Crippen molar-refractivity contribution in [1.82, 2.24) is 9.97 Å². The topological polar surface area (TPSA) is 105 Å². The maximum atomic E-state index is 13.9. The zero-order valence-corrected chi connectivity index (χ0v) is 28.3. The van der Waals surface area contributed by atoms with Gasteiger partial charge in [0.05, 0.1) is 47.4 Å². The van der Waals surface area contributed by atoms with Crippen LogP contribution in [0.5, 0.6) is 5.75 Å². The molecule has 0 spiro atoms. The Bertz CT molecular complexity index is 1710. The van der Waals surface area contributed by atoms with Gasteiger partial charge in [0.15, 0.2) is 5.75 Å². The minimum absolute atomic E-state index is 0.00946. The van der Waals surface area contributed by atoms with Gasteiger partial charge in [-0.1, -0.05) is 6.92 Å². The van der Waals surface area contributed by atoms with E-state index in [-0.39, 0.29) is 61.3 Å². The van der Waals surface area contributed by atoms with Crippen LogP contribution in [0.1, 0.15) is 87.2 Å². The predicted molar refractivity (Wildman–Crippen MR) is 169 cm³/mol. The fourth-order valence-corrected chi connectivity index (χ4v) is 5.77. The molecule has 1 aromatic heterocycles. The number of halogens is 9. The number of carboxylic acid groups (broad SMARTS) is 1. The van der Waals surface area contributed by atoms with Gasteiger partial charge in [0.25, 0.3) is 0 Å². The van der Waals surface area contributed by atoms with E-state index in [1.54, 1.807) is 27.7 Å². The van der Waals surface area contributed by atoms with Crippen LogP contribution >= 0.6 is 0 Å². The molecule has 9 nitrogen and oxygen atoms in total. The van der Waals surface area contributed by atoms with E-state index in [0.717, 1.165) is 28.3 Å². The molecule has 4 rings (SSSR count). The second-order valence-corrected chi connectivity index (χ2v) is 13.0. The number of ether oxygens (including phenoxy) is 2. The monoisotopic (exact) mass is 750 g/mol. The first-order chi connectivity index (χ1) is 24.0. The Morgan fingerprint density at radius 2 is 1.46 bits per heavy atom. The highest BCUT2D eigenvalue weighted by Gasteiger charge is 2.42. The Balaban J connectivity index is 1.79. The van der Waals surface area contributed by atoms with Crippen LogP contribution in [0.4, 0.5) is 55.9 Å². The number of benzene rings is 2. The highest BCUT2D eigenvalue weighted by Crippen LogP contribution is 2.46. The third-order valence-corrected chi connectivity index (χ3v) is 7.97. The van der Waals surface area contributed by atoms with Crippen molar-refractivity contribution in [2.24, 2.45) is 0 Å². The molecule has 3 aromatic rings. The molecule has 1 aliphatic heterocycles. The Morgan fingerprint density at radius 1 is 0.885 bits per heavy atom. The zero-order chi connectivity index (χ0) is 38.8. The fraction of sp³-hybridized carbons (Fsp3) is 0.471. The summed E-state index contributed by atoms with van der Waals surface area (Å²) < 4.78 is 135. The maximum absolute atomic E-state index is 13.9. The van der Waals surface area contributed by atoms with Gasteiger partial charge in [-0.05, 0) is 87.6 Å². The van der Waals surface area contributed by atoms with Crippen LogP contribution in [0.3, 0.4) is 0 Å². The molecule has 2 atom stereocenters. The number of carbonyl (C=O) groups excluding carboxylic acids is 1. The van der Waals surface area contributed by atoms with Crippen LogP contribution in [0.2, 0.25) is 0 Å². The molecule has 1 aliphatic rings. The fourth-order valence-electron chi connectivity index (χ4n) is 5.77. The third-order valence-electron chi connectivity index (χ3n) is 7.97. The van der Waals surface area contributed by atoms with Crippen LogP contribution in [0.15, 0.2) is 48.8 Å². The van der Waals surface area contributed by atoms with Crippen LogP contribution < -0.4 is 14.5 Å². The van der Waals surface area contributed by atoms with Gasteiger partial charge in [0.1, 0.15) is 5.60 Å². The molecule has 2 heterocycles. The largest absolute Gasteiger partial charge is 0.490 e. The normalized spacial score (nSPS) is 16.7. The first-order valence-corrected chi connectivity index (χ1v) is 15.9. The Morgan fingerprint density at radius 3 is 1.96 bits per heavy atom. The van der Waals surface area contributed by atoms with E-state index < -0.39 is 77.1 Å². The molecule has 0 unspecified atom stereocenters. The van der Waals surface area contributed by atoms with Crippen molar-refractivity contribution in [3.63, 3.8) is 0 Å². The number of hydrogen-bond donors (Lipinski definition) is 1. The lowest BCUT2D eigenvalue weighted by atomic mass is 9.87. The number of fused-ring (bicyclic) bond motifs is 1. The number of anilines is 2. The summed E-state index contributed by atoms with van der Waals surface area (Å²) >= 11 is 0. The van der Waals surface area contributed by atoms with Crippen molar-refractivity contribution >= 4 is 23.7 Å². The second-order valence-electron chi connectivity index (χ2n) is 13.0. The average Bonchev–Trinajstić information content (AvgIpc) is 3.02. The minimum atomic E-state index is -5.19. The molecule has 0 fully saturated rings. The lowest BCUT2D eigenvalue weighted by Gasteiger charge is -2.43. The number of nitrogens with zero attached hydrogens (tertiary/aromatic N) is 4. The van der Waals surface area contributed by atoms with Gasteiger partial charge in [-0.15, -0.1) is 0 Å². The van der Waals surface area contributed by atoms with Crippen molar-refractivity contribution in [3.05, 3.63) is 76.6 Å². The molecule has 18 heteroatoms. The lowest BCUT2D eigenvalue weighted by Crippen LogP contribution is -2.47. The maximum Gasteiger partial charge on any atom is 0.416 e. The van der Waals surface area contributed by atoms with Gasteiger partial charge in [-0.3, -0.25) is 9.69 Å². The smallest absolute Gasteiger partial charge is 0.416 e. The van der Waals surface area contributed by atoms with Gasteiger partial charge in [-0.25, -0.2) is 14.8 Å². The van der Waals surface area contributed by atoms with E-state index >= 15 is 0 Å². The molecule has 0 saturated heterocycles. The minimum Gasteiger partial charge on any atom is -0.490 e. The van der Waals surface area contributed by atoms with E-state index in [2.05, 4.69) is 9.97 Å². The van der Waals surface area contributed by atoms with Crippen LogP contribution in [-0.2, 0) is 34.6 Å². The van der Waals surface area contributed by atoms with Gasteiger partial charge in [0.2, 0.25) is 5.95 Å². The van der Waals surface area contributed by atoms with Gasteiger partial charge in [-0.2, -0.15) is 39.5 Å². The van der Waals surface area contributed by atoms with Gasteiger partial charge >= 0.3 is 30.6 Å². The molecule has 2 aromatic carbocycles. The second kappa shape index (κ2) is 15.1. The summed E-state index contributed by atoms with van der Waals surface area (Å²) in [6.07, 6.45) is -14.3. The summed E-state index contributed by atoms with van der Waals surface area (Å²) in [5, 5.41) is 10.0. The van der Waals surface area contributed by atoms with Gasteiger partial charge < -0.3 is 19.5 Å². The Labute approximate surface area is 292 Å². The standard InChI is InChI=1S/C34H35F9N4O5/c1-5-23-15-27(25-14-20(32(35,36)37)8-9-26(25)47(23)30(49)50)46(18-19-11-21(33(38,39)40)13-22(12-19)34(41,42)43)29-44-16-24(17-45-29)51-10-6-7-28(48)52-31(2,3)4/h8-9,11-14,16-17,23,27H,5-7,10,15,18H2,1-4H3,(H,49,50)/t23-,27+/m1/s1. The molecular weight excluding hydrogens is 715 g/mol. The SMILES string of the molecule is CC[C@@H]1C[C@H](N(Cc2cc(C(F)(F)F)cc(C(F)(F)F)c2)c2ncc(OCCCC(=O)OC(C)(C)C)cn2)c2cc(C(F)(F)F)ccc2N1C(=O)O. The molecule has 0 bridgehead atoms. The molecule has 284 valence electrons. The number of rotatable bonds is 10. The molecule has 1 N–H and O–H groups in total. The number of esters is 1. The highest BCUT2D eigenvalue weighted by molar-refractivity contribution is 5.89. The van der Waals surface area contributed by atoms with Crippen molar-refractivity contribution in [2.75, 3.05) is 16.4 Å². The molecule has 0 radical (unpaired) electrons. The molecule has 0 aliphatic carbocycles. The Hall–Kier alpha value is -4.77. The van der Waals surface area contributed by atoms with Crippen molar-refractivity contribution in [2.45, 2.75) is 96.1 Å². The quantitative estimate of drug-likeness (QED) is 0.124. The van der Waals surface area contributed by atoms with Crippen molar-refractivity contribution < 1.29 is 63.7 Å². The van der Waals surface area contributed by atoms with Gasteiger partial charge in [0, 0.05) is 19.0 Å². The molecule has 0 saturated carbocycles. The van der Waals surface area contributed by atoms with Crippen LogP contribution in [0, 0.1) is 0 Å². The predicted octanol–water partition coefficient (Wildman–Crippen LogP) is 9.45. The van der Waals surface area contributed by atoms with E-state index in [9.17, 15) is 54.2 Å². The average molecular weight is 751 g/mol. The van der Waals surface area contributed by atoms with Crippen molar-refractivity contribution in [3.8, 4) is 5.75 Å². The summed E-state index contributed by atoms with van der Waals surface area (Å²) in [5.41, 5.74) is -5.96. The molecule has 52 heavy (non-hydrogen) atoms. The first-order valence-electron chi connectivity index (χ1n) is 15.9. The summed E-state index contributed by atoms with van der Waals surface area (Å²) in [4.78, 5) is 34.7. The summed E-state index contributed by atoms with van der Waals surface area (Å²) in [7, 11) is 0. The summed E-state index contributed by atoms with van der Waals surface area (Å²) in [6, 6.07) is 1.13. The van der Waals surface area contributed by atoms with E-state index in [1.165, 1.54) is 0 Å². The summed E-state index contributed by atoms with van der Waals surface area (Å²) in [5.74, 6) is -0.702. The number of hydrogen-bond acceptors (Lipinski definition) is 7. The number of alkyl halides is 9. The summed E-state index contributed by atoms with van der Waals surface area (Å²) in [6.45, 7) is 5.99. The van der Waals surface area contributed by atoms with E-state index in [1.807, 2.05) is 0 Å². The van der Waals surface area contributed by atoms with Crippen LogP contribution in [-0.4, -0.2) is 45.4 Å².